The summed E-state index contributed by atoms with van der Waals surface area (Å²) in [6.07, 6.45) is 2.96. The molecule has 0 spiro atoms. The Morgan fingerprint density at radius 2 is 1.75 bits per heavy atom. The number of hydrogen-bond acceptors (Lipinski definition) is 6. The Hall–Kier alpha value is -3.35. The molecule has 0 aliphatic carbocycles. The van der Waals surface area contributed by atoms with Crippen molar-refractivity contribution in [3.05, 3.63) is 53.9 Å². The van der Waals surface area contributed by atoms with Crippen molar-refractivity contribution in [1.82, 2.24) is 15.3 Å². The summed E-state index contributed by atoms with van der Waals surface area (Å²) in [5, 5.41) is 3.96. The van der Waals surface area contributed by atoms with E-state index >= 15 is 0 Å². The molecule has 1 N–H and O–H groups in total. The first kappa shape index (κ1) is 21.9. The summed E-state index contributed by atoms with van der Waals surface area (Å²) in [6, 6.07) is 13.8. The van der Waals surface area contributed by atoms with E-state index in [1.54, 1.807) is 0 Å². The Bertz CT molecular complexity index is 1080. The Labute approximate surface area is 188 Å². The van der Waals surface area contributed by atoms with Crippen molar-refractivity contribution in [3.63, 3.8) is 0 Å². The predicted octanol–water partition coefficient (Wildman–Crippen LogP) is 4.00. The van der Waals surface area contributed by atoms with Crippen LogP contribution < -0.4 is 19.7 Å². The average molecular weight is 435 g/mol. The van der Waals surface area contributed by atoms with Gasteiger partial charge < -0.3 is 19.7 Å². The van der Waals surface area contributed by atoms with Gasteiger partial charge in [-0.1, -0.05) is 18.2 Å². The molecule has 7 nitrogen and oxygen atoms in total. The number of para-hydroxylation sites is 1. The summed E-state index contributed by atoms with van der Waals surface area (Å²) >= 11 is 0. The number of aromatic nitrogens is 2. The molecule has 168 valence electrons. The number of hydrogen-bond donors (Lipinski definition) is 1. The van der Waals surface area contributed by atoms with Crippen LogP contribution in [0.4, 0.5) is 5.82 Å². The lowest BCUT2D eigenvalue weighted by atomic mass is 10.1. The highest BCUT2D eigenvalue weighted by molar-refractivity contribution is 5.96. The van der Waals surface area contributed by atoms with Crippen molar-refractivity contribution < 1.29 is 14.3 Å². The number of amides is 1. The average Bonchev–Trinajstić information content (AvgIpc) is 3.35. The molecular formula is C25H30N4O3. The predicted molar refractivity (Wildman–Crippen MR) is 126 cm³/mol. The van der Waals surface area contributed by atoms with Gasteiger partial charge in [0, 0.05) is 25.0 Å². The maximum absolute atomic E-state index is 12.9. The molecule has 0 bridgehead atoms. The molecule has 4 rings (SSSR count). The van der Waals surface area contributed by atoms with Crippen LogP contribution in [-0.4, -0.2) is 48.7 Å². The van der Waals surface area contributed by atoms with Crippen LogP contribution in [0.1, 0.15) is 42.9 Å². The van der Waals surface area contributed by atoms with Crippen LogP contribution in [0.25, 0.3) is 10.9 Å². The van der Waals surface area contributed by atoms with E-state index in [0.717, 1.165) is 59.7 Å². The van der Waals surface area contributed by atoms with Gasteiger partial charge in [-0.3, -0.25) is 4.79 Å². The van der Waals surface area contributed by atoms with Crippen LogP contribution in [0, 0.1) is 0 Å². The number of nitrogens with zero attached hydrogens (tertiary/aromatic N) is 3. The first-order valence-electron chi connectivity index (χ1n) is 11.4. The molecule has 1 saturated heterocycles. The van der Waals surface area contributed by atoms with Crippen molar-refractivity contribution in [2.45, 2.75) is 33.1 Å². The van der Waals surface area contributed by atoms with Gasteiger partial charge in [0.15, 0.2) is 11.5 Å². The third kappa shape index (κ3) is 4.93. The molecule has 2 heterocycles. The van der Waals surface area contributed by atoms with Crippen molar-refractivity contribution in [1.29, 1.82) is 0 Å². The fraction of sp³-hybridized carbons (Fsp3) is 0.400. The monoisotopic (exact) mass is 434 g/mol. The Balaban J connectivity index is 1.46. The Morgan fingerprint density at radius 1 is 1.00 bits per heavy atom. The second-order valence-corrected chi connectivity index (χ2v) is 7.74. The lowest BCUT2D eigenvalue weighted by Crippen LogP contribution is -2.29. The number of fused-ring (bicyclic) bond motifs is 1. The lowest BCUT2D eigenvalue weighted by Gasteiger charge is -2.19. The fourth-order valence-corrected chi connectivity index (χ4v) is 3.98. The van der Waals surface area contributed by atoms with E-state index in [2.05, 4.69) is 20.2 Å². The molecule has 3 aromatic rings. The largest absolute Gasteiger partial charge is 0.490 e. The Kier molecular flexibility index (Phi) is 7.04. The number of nitrogens with one attached hydrogen (secondary N) is 1. The molecule has 1 aliphatic heterocycles. The molecule has 0 radical (unpaired) electrons. The van der Waals surface area contributed by atoms with E-state index in [4.69, 9.17) is 9.47 Å². The quantitative estimate of drug-likeness (QED) is 0.549. The molecule has 32 heavy (non-hydrogen) atoms. The highest BCUT2D eigenvalue weighted by Crippen LogP contribution is 2.29. The molecule has 0 atom stereocenters. The molecule has 1 amide bonds. The minimum atomic E-state index is -0.257. The van der Waals surface area contributed by atoms with Gasteiger partial charge in [-0.15, -0.1) is 0 Å². The standard InChI is InChI=1S/C25H30N4O3/c1-3-31-21-12-11-18(17-22(21)32-4-2)13-14-26-25(30)23-27-20-10-6-5-9-19(20)24(28-23)29-15-7-8-16-29/h5-6,9-12,17H,3-4,7-8,13-16H2,1-2H3,(H,26,30). The minimum Gasteiger partial charge on any atom is -0.490 e. The molecule has 7 heteroatoms. The molecule has 1 fully saturated rings. The zero-order valence-corrected chi connectivity index (χ0v) is 18.8. The van der Waals surface area contributed by atoms with Crippen LogP contribution in [0.5, 0.6) is 11.5 Å². The smallest absolute Gasteiger partial charge is 0.289 e. The second-order valence-electron chi connectivity index (χ2n) is 7.74. The lowest BCUT2D eigenvalue weighted by molar-refractivity contribution is 0.0944. The van der Waals surface area contributed by atoms with Crippen molar-refractivity contribution >= 4 is 22.6 Å². The fourth-order valence-electron chi connectivity index (χ4n) is 3.98. The topological polar surface area (TPSA) is 76.6 Å². The number of carbonyl (C=O) groups excluding carboxylic acids is 1. The number of benzene rings is 2. The molecule has 1 aromatic heterocycles. The van der Waals surface area contributed by atoms with Gasteiger partial charge in [-0.2, -0.15) is 0 Å². The van der Waals surface area contributed by atoms with E-state index in [1.807, 2.05) is 56.3 Å². The van der Waals surface area contributed by atoms with Crippen LogP contribution >= 0.6 is 0 Å². The van der Waals surface area contributed by atoms with Gasteiger partial charge >= 0.3 is 0 Å². The van der Waals surface area contributed by atoms with Crippen LogP contribution in [0.2, 0.25) is 0 Å². The van der Waals surface area contributed by atoms with E-state index < -0.39 is 0 Å². The number of rotatable bonds is 9. The van der Waals surface area contributed by atoms with E-state index in [0.29, 0.717) is 26.2 Å². The normalized spacial score (nSPS) is 13.4. The second kappa shape index (κ2) is 10.3. The molecule has 1 aliphatic rings. The van der Waals surface area contributed by atoms with Gasteiger partial charge in [-0.05, 0) is 62.9 Å². The summed E-state index contributed by atoms with van der Waals surface area (Å²) in [4.78, 5) is 24.3. The zero-order chi connectivity index (χ0) is 22.3. The molecule has 0 unspecified atom stereocenters. The maximum Gasteiger partial charge on any atom is 0.289 e. The third-order valence-corrected chi connectivity index (χ3v) is 5.50. The maximum atomic E-state index is 12.9. The van der Waals surface area contributed by atoms with Crippen molar-refractivity contribution in [2.75, 3.05) is 37.7 Å². The zero-order valence-electron chi connectivity index (χ0n) is 18.8. The Morgan fingerprint density at radius 3 is 2.53 bits per heavy atom. The van der Waals surface area contributed by atoms with Gasteiger partial charge in [0.1, 0.15) is 5.82 Å². The highest BCUT2D eigenvalue weighted by atomic mass is 16.5. The van der Waals surface area contributed by atoms with Crippen LogP contribution in [-0.2, 0) is 6.42 Å². The van der Waals surface area contributed by atoms with E-state index in [9.17, 15) is 4.79 Å². The summed E-state index contributed by atoms with van der Waals surface area (Å²) in [5.41, 5.74) is 1.86. The summed E-state index contributed by atoms with van der Waals surface area (Å²) < 4.78 is 11.3. The SMILES string of the molecule is CCOc1ccc(CCNC(=O)c2nc(N3CCCC3)c3ccccc3n2)cc1OCC. The molecule has 2 aromatic carbocycles. The first-order valence-corrected chi connectivity index (χ1v) is 11.4. The van der Waals surface area contributed by atoms with Gasteiger partial charge in [0.05, 0.1) is 18.7 Å². The van der Waals surface area contributed by atoms with Gasteiger partial charge in [0.2, 0.25) is 5.82 Å². The first-order chi connectivity index (χ1) is 15.7. The number of ether oxygens (including phenoxy) is 2. The molecule has 0 saturated carbocycles. The summed E-state index contributed by atoms with van der Waals surface area (Å²) in [7, 11) is 0. The summed E-state index contributed by atoms with van der Waals surface area (Å²) in [5.74, 6) is 2.28. The molecular weight excluding hydrogens is 404 g/mol. The van der Waals surface area contributed by atoms with Crippen molar-refractivity contribution in [2.24, 2.45) is 0 Å². The summed E-state index contributed by atoms with van der Waals surface area (Å²) in [6.45, 7) is 7.45. The highest BCUT2D eigenvalue weighted by Gasteiger charge is 2.20. The number of carbonyl (C=O) groups is 1. The van der Waals surface area contributed by atoms with E-state index in [-0.39, 0.29) is 11.7 Å². The van der Waals surface area contributed by atoms with Gasteiger partial charge in [0.25, 0.3) is 5.91 Å². The van der Waals surface area contributed by atoms with E-state index in [1.165, 1.54) is 0 Å². The van der Waals surface area contributed by atoms with Crippen molar-refractivity contribution in [3.8, 4) is 11.5 Å². The van der Waals surface area contributed by atoms with Gasteiger partial charge in [-0.25, -0.2) is 9.97 Å². The minimum absolute atomic E-state index is 0.215. The van der Waals surface area contributed by atoms with Crippen LogP contribution in [0.3, 0.4) is 0 Å². The van der Waals surface area contributed by atoms with Crippen LogP contribution in [0.15, 0.2) is 42.5 Å². The third-order valence-electron chi connectivity index (χ3n) is 5.50. The number of anilines is 1.